The van der Waals surface area contributed by atoms with Crippen LogP contribution in [0, 0.1) is 0 Å². The van der Waals surface area contributed by atoms with E-state index in [4.69, 9.17) is 29.0 Å². The third-order valence-corrected chi connectivity index (χ3v) is 11.1. The predicted octanol–water partition coefficient (Wildman–Crippen LogP) is 14.4. The van der Waals surface area contributed by atoms with E-state index in [1.807, 2.05) is 115 Å². The smallest absolute Gasteiger partial charge is 0.166 e. The number of benzene rings is 9. The Labute approximate surface area is 355 Å². The third kappa shape index (κ3) is 5.59. The molecule has 0 saturated heterocycles. The quantitative estimate of drug-likeness (QED) is 0.169. The Morgan fingerprint density at radius 3 is 1.97 bits per heavy atom. The van der Waals surface area contributed by atoms with Gasteiger partial charge in [-0.3, -0.25) is 0 Å². The molecule has 12 aromatic rings. The first-order chi connectivity index (χ1) is 32.6. The molecule has 3 heterocycles. The van der Waals surface area contributed by atoms with Crippen LogP contribution in [0.25, 0.3) is 117 Å². The van der Waals surface area contributed by atoms with Gasteiger partial charge in [0.1, 0.15) is 11.2 Å². The van der Waals surface area contributed by atoms with Crippen molar-refractivity contribution in [3.05, 3.63) is 206 Å². The molecular formula is C55H34N4O. The minimum Gasteiger partial charge on any atom is -0.455 e. The standard InChI is InChI=1S/C55H34N4O/c1-2-14-35(15-3-1)38-30-31-51-47(34-38)45-24-13-23-42(52(45)60-51)39-18-12-19-40(33-39)53-56-54(41-29-28-36-16-4-5-17-37(36)32-41)58-55(57-53)46-22-8-11-27-50(46)59-48-25-9-6-20-43(48)44-21-7-10-26-49(44)59/h1-34H/i6D,7D,9D,20D,21D,25D,26D. The van der Waals surface area contributed by atoms with E-state index >= 15 is 0 Å². The Balaban J connectivity index is 1.08. The molecule has 0 bridgehead atoms. The van der Waals surface area contributed by atoms with E-state index in [0.717, 1.165) is 60.5 Å². The van der Waals surface area contributed by atoms with Crippen molar-refractivity contribution in [3.8, 4) is 62.1 Å². The predicted molar refractivity (Wildman–Crippen MR) is 246 cm³/mol. The SMILES string of the molecule is [2H]c1cc([2H])c2c(c1[2H])c1c([2H])c([2H])c([2H])c([2H])c1n2-c1ccccc1-c1nc(-c2cccc(-c3cccc4c3oc3ccc(-c5ccccc5)cc34)c2)nc(-c2ccc3ccccc3c2)n1. The van der Waals surface area contributed by atoms with Crippen LogP contribution in [0.2, 0.25) is 0 Å². The van der Waals surface area contributed by atoms with Crippen molar-refractivity contribution in [2.24, 2.45) is 0 Å². The molecule has 0 aliphatic carbocycles. The number of hydrogen-bond acceptors (Lipinski definition) is 4. The fraction of sp³-hybridized carbons (Fsp3) is 0. The zero-order chi connectivity index (χ0) is 45.7. The summed E-state index contributed by atoms with van der Waals surface area (Å²) in [5.41, 5.74) is 8.17. The minimum absolute atomic E-state index is 0.0597. The Hall–Kier alpha value is -8.15. The van der Waals surface area contributed by atoms with Gasteiger partial charge in [-0.2, -0.15) is 0 Å². The number of rotatable bonds is 6. The van der Waals surface area contributed by atoms with Crippen molar-refractivity contribution in [2.75, 3.05) is 0 Å². The summed E-state index contributed by atoms with van der Waals surface area (Å²) in [4.78, 5) is 15.4. The molecular weight excluding hydrogens is 733 g/mol. The summed E-state index contributed by atoms with van der Waals surface area (Å²) < 4.78 is 70.2. The van der Waals surface area contributed by atoms with Gasteiger partial charge in [0, 0.05) is 43.8 Å². The van der Waals surface area contributed by atoms with E-state index in [1.165, 1.54) is 6.07 Å². The van der Waals surface area contributed by atoms with Gasteiger partial charge in [0.05, 0.1) is 26.3 Å². The van der Waals surface area contributed by atoms with Crippen molar-refractivity contribution >= 4 is 54.5 Å². The molecule has 3 aromatic heterocycles. The van der Waals surface area contributed by atoms with Crippen LogP contribution in [0.5, 0.6) is 0 Å². The Kier molecular flexibility index (Phi) is 6.30. The molecule has 5 heteroatoms. The molecule has 0 N–H and O–H groups in total. The van der Waals surface area contributed by atoms with Gasteiger partial charge in [0.25, 0.3) is 0 Å². The van der Waals surface area contributed by atoms with Crippen LogP contribution in [0.15, 0.2) is 211 Å². The first-order valence-corrected chi connectivity index (χ1v) is 19.6. The number of nitrogens with zero attached hydrogens (tertiary/aromatic N) is 4. The highest BCUT2D eigenvalue weighted by molar-refractivity contribution is 6.11. The van der Waals surface area contributed by atoms with Gasteiger partial charge in [-0.25, -0.2) is 15.0 Å². The zero-order valence-electron chi connectivity index (χ0n) is 38.8. The molecule has 0 aliphatic heterocycles. The van der Waals surface area contributed by atoms with Gasteiger partial charge < -0.3 is 8.98 Å². The fourth-order valence-corrected chi connectivity index (χ4v) is 8.31. The molecule has 0 amide bonds. The molecule has 0 saturated carbocycles. The average Bonchev–Trinajstić information content (AvgIpc) is 3.94. The molecule has 0 atom stereocenters. The highest BCUT2D eigenvalue weighted by Gasteiger charge is 2.20. The van der Waals surface area contributed by atoms with Crippen molar-refractivity contribution in [2.45, 2.75) is 0 Å². The Morgan fingerprint density at radius 2 is 1.07 bits per heavy atom. The summed E-state index contributed by atoms with van der Waals surface area (Å²) in [6.07, 6.45) is 0. The maximum Gasteiger partial charge on any atom is 0.166 e. The van der Waals surface area contributed by atoms with E-state index in [9.17, 15) is 0 Å². The van der Waals surface area contributed by atoms with E-state index in [1.54, 1.807) is 16.7 Å². The highest BCUT2D eigenvalue weighted by atomic mass is 16.3. The van der Waals surface area contributed by atoms with Gasteiger partial charge >= 0.3 is 0 Å². The lowest BCUT2D eigenvalue weighted by molar-refractivity contribution is 0.670. The van der Waals surface area contributed by atoms with Crippen LogP contribution in [0.3, 0.4) is 0 Å². The average molecular weight is 774 g/mol. The highest BCUT2D eigenvalue weighted by Crippen LogP contribution is 2.40. The number of aromatic nitrogens is 4. The molecule has 0 unspecified atom stereocenters. The first-order valence-electron chi connectivity index (χ1n) is 23.1. The second-order valence-electron chi connectivity index (χ2n) is 14.7. The molecule has 5 nitrogen and oxygen atoms in total. The van der Waals surface area contributed by atoms with E-state index < -0.39 is 12.1 Å². The third-order valence-electron chi connectivity index (χ3n) is 11.1. The Bertz CT molecular complexity index is 4030. The van der Waals surface area contributed by atoms with Crippen LogP contribution < -0.4 is 0 Å². The number of para-hydroxylation sites is 4. The molecule has 0 aliphatic rings. The van der Waals surface area contributed by atoms with Crippen molar-refractivity contribution in [1.82, 2.24) is 19.5 Å². The van der Waals surface area contributed by atoms with Gasteiger partial charge in [-0.15, -0.1) is 0 Å². The largest absolute Gasteiger partial charge is 0.455 e. The van der Waals surface area contributed by atoms with Crippen LogP contribution in [-0.2, 0) is 0 Å². The normalized spacial score (nSPS) is 13.3. The monoisotopic (exact) mass is 773 g/mol. The van der Waals surface area contributed by atoms with Crippen molar-refractivity contribution < 1.29 is 14.0 Å². The lowest BCUT2D eigenvalue weighted by Crippen LogP contribution is -2.03. The molecule has 0 spiro atoms. The summed E-state index contributed by atoms with van der Waals surface area (Å²) in [6.45, 7) is 0. The molecule has 280 valence electrons. The molecule has 60 heavy (non-hydrogen) atoms. The van der Waals surface area contributed by atoms with Crippen LogP contribution in [0.4, 0.5) is 0 Å². The lowest BCUT2D eigenvalue weighted by Gasteiger charge is -2.15. The van der Waals surface area contributed by atoms with Crippen molar-refractivity contribution in [3.63, 3.8) is 0 Å². The number of hydrogen-bond donors (Lipinski definition) is 0. The molecule has 0 radical (unpaired) electrons. The summed E-state index contributed by atoms with van der Waals surface area (Å²) in [5, 5.41) is 4.23. The van der Waals surface area contributed by atoms with Crippen LogP contribution in [0.1, 0.15) is 9.60 Å². The topological polar surface area (TPSA) is 56.7 Å². The van der Waals surface area contributed by atoms with E-state index in [2.05, 4.69) is 30.3 Å². The number of fused-ring (bicyclic) bond motifs is 7. The zero-order valence-corrected chi connectivity index (χ0v) is 31.8. The van der Waals surface area contributed by atoms with Gasteiger partial charge in [-0.05, 0) is 75.9 Å². The van der Waals surface area contributed by atoms with Gasteiger partial charge in [-0.1, -0.05) is 158 Å². The first kappa shape index (κ1) is 27.5. The second kappa shape index (κ2) is 13.8. The van der Waals surface area contributed by atoms with E-state index in [0.29, 0.717) is 28.5 Å². The Morgan fingerprint density at radius 1 is 0.400 bits per heavy atom. The number of furan rings is 1. The van der Waals surface area contributed by atoms with Crippen LogP contribution in [-0.4, -0.2) is 19.5 Å². The van der Waals surface area contributed by atoms with Gasteiger partial charge in [0.2, 0.25) is 0 Å². The molecule has 12 rings (SSSR count). The van der Waals surface area contributed by atoms with E-state index in [-0.39, 0.29) is 57.8 Å². The maximum atomic E-state index is 9.17. The van der Waals surface area contributed by atoms with Gasteiger partial charge in [0.15, 0.2) is 17.5 Å². The summed E-state index contributed by atoms with van der Waals surface area (Å²) >= 11 is 0. The molecule has 9 aromatic carbocycles. The minimum atomic E-state index is -0.468. The maximum absolute atomic E-state index is 9.17. The second-order valence-corrected chi connectivity index (χ2v) is 14.7. The molecule has 0 fully saturated rings. The summed E-state index contributed by atoms with van der Waals surface area (Å²) in [6, 6.07) is 51.1. The summed E-state index contributed by atoms with van der Waals surface area (Å²) in [7, 11) is 0. The summed E-state index contributed by atoms with van der Waals surface area (Å²) in [5.74, 6) is 1.05. The fourth-order valence-electron chi connectivity index (χ4n) is 8.31. The lowest BCUT2D eigenvalue weighted by atomic mass is 9.99. The van der Waals surface area contributed by atoms with Crippen LogP contribution >= 0.6 is 0 Å². The van der Waals surface area contributed by atoms with Crippen molar-refractivity contribution in [1.29, 1.82) is 0 Å².